The Labute approximate surface area is 140 Å². The van der Waals surface area contributed by atoms with Gasteiger partial charge in [-0.3, -0.25) is 4.79 Å². The zero-order valence-corrected chi connectivity index (χ0v) is 14.5. The quantitative estimate of drug-likeness (QED) is 0.677. The van der Waals surface area contributed by atoms with Crippen LogP contribution in [0.3, 0.4) is 0 Å². The van der Waals surface area contributed by atoms with Crippen molar-refractivity contribution in [2.45, 2.75) is 33.1 Å². The van der Waals surface area contributed by atoms with Crippen LogP contribution in [0.2, 0.25) is 0 Å². The normalized spacial score (nSPS) is 29.6. The summed E-state index contributed by atoms with van der Waals surface area (Å²) >= 11 is 1.32. The first-order valence-corrected chi connectivity index (χ1v) is 8.91. The Balaban J connectivity index is 1.89. The number of methoxy groups -OCH3 is 1. The first-order chi connectivity index (χ1) is 11.0. The third-order valence-electron chi connectivity index (χ3n) is 5.24. The average molecular weight is 334 g/mol. The monoisotopic (exact) mass is 334 g/mol. The number of carbonyl (C=O) groups is 2. The highest BCUT2D eigenvalue weighted by Crippen LogP contribution is 2.53. The Morgan fingerprint density at radius 1 is 1.39 bits per heavy atom. The fraction of sp³-hybridized carbons (Fsp3) is 0.588. The molecule has 1 aromatic rings. The smallest absolute Gasteiger partial charge is 0.339 e. The van der Waals surface area contributed by atoms with E-state index in [1.807, 2.05) is 0 Å². The molecule has 1 aromatic heterocycles. The molecule has 0 aliphatic heterocycles. The molecule has 1 amide bonds. The van der Waals surface area contributed by atoms with Crippen LogP contribution in [0.5, 0.6) is 0 Å². The summed E-state index contributed by atoms with van der Waals surface area (Å²) in [5.74, 6) is 1.93. The van der Waals surface area contributed by atoms with Crippen LogP contribution in [-0.4, -0.2) is 24.0 Å². The summed E-state index contributed by atoms with van der Waals surface area (Å²) in [6.07, 6.45) is 5.89. The van der Waals surface area contributed by atoms with Gasteiger partial charge in [0.2, 0.25) is 5.91 Å². The molecule has 2 saturated carbocycles. The summed E-state index contributed by atoms with van der Waals surface area (Å²) in [4.78, 5) is 27.7. The Hall–Kier alpha value is -1.69. The second-order valence-corrected chi connectivity index (χ2v) is 7.42. The van der Waals surface area contributed by atoms with Crippen LogP contribution in [0, 0.1) is 23.7 Å². The van der Waals surface area contributed by atoms with Crippen molar-refractivity contribution in [3.05, 3.63) is 17.2 Å². The molecule has 0 aromatic carbocycles. The van der Waals surface area contributed by atoms with Crippen molar-refractivity contribution in [3.63, 3.8) is 0 Å². The number of ether oxygens (including phenoxy) is 1. The first-order valence-electron chi connectivity index (χ1n) is 8.03. The van der Waals surface area contributed by atoms with Gasteiger partial charge in [0.25, 0.3) is 0 Å². The Morgan fingerprint density at radius 2 is 2.13 bits per heavy atom. The van der Waals surface area contributed by atoms with Crippen molar-refractivity contribution in [3.8, 4) is 0 Å². The largest absolute Gasteiger partial charge is 0.465 e. The van der Waals surface area contributed by atoms with Gasteiger partial charge in [0, 0.05) is 12.3 Å². The second-order valence-electron chi connectivity index (χ2n) is 6.56. The number of anilines is 1. The second kappa shape index (κ2) is 6.43. The lowest BCUT2D eigenvalue weighted by atomic mass is 9.79. The van der Waals surface area contributed by atoms with Gasteiger partial charge in [-0.1, -0.05) is 13.0 Å². The van der Waals surface area contributed by atoms with E-state index in [2.05, 4.69) is 23.3 Å². The van der Waals surface area contributed by atoms with E-state index in [9.17, 15) is 9.59 Å². The number of nitrogens with zero attached hydrogens (tertiary/aromatic N) is 1. The van der Waals surface area contributed by atoms with Crippen LogP contribution < -0.4 is 5.32 Å². The molecule has 4 atom stereocenters. The number of hydrogen-bond donors (Lipinski definition) is 1. The van der Waals surface area contributed by atoms with E-state index < -0.39 is 0 Å². The van der Waals surface area contributed by atoms with E-state index in [1.165, 1.54) is 44.6 Å². The van der Waals surface area contributed by atoms with Gasteiger partial charge in [-0.25, -0.2) is 9.78 Å². The van der Waals surface area contributed by atoms with Crippen LogP contribution in [0.15, 0.2) is 11.5 Å². The number of allylic oxidation sites excluding steroid dienone is 1. The highest BCUT2D eigenvalue weighted by atomic mass is 32.1. The van der Waals surface area contributed by atoms with Gasteiger partial charge in [-0.2, -0.15) is 0 Å². The summed E-state index contributed by atoms with van der Waals surface area (Å²) in [7, 11) is 1.39. The molecule has 2 bridgehead atoms. The third-order valence-corrected chi connectivity index (χ3v) is 5.99. The molecule has 0 spiro atoms. The molecule has 2 fully saturated rings. The van der Waals surface area contributed by atoms with E-state index in [-0.39, 0.29) is 11.9 Å². The summed E-state index contributed by atoms with van der Waals surface area (Å²) in [6, 6.07) is 0. The lowest BCUT2D eigenvalue weighted by Crippen LogP contribution is -2.19. The van der Waals surface area contributed by atoms with Crippen LogP contribution in [0.25, 0.3) is 5.57 Å². The van der Waals surface area contributed by atoms with Crippen LogP contribution in [0.4, 0.5) is 5.13 Å². The zero-order valence-electron chi connectivity index (χ0n) is 13.7. The molecule has 0 radical (unpaired) electrons. The number of thiazole rings is 1. The van der Waals surface area contributed by atoms with Crippen molar-refractivity contribution < 1.29 is 14.3 Å². The van der Waals surface area contributed by atoms with Crippen molar-refractivity contribution in [2.75, 3.05) is 12.4 Å². The summed E-state index contributed by atoms with van der Waals surface area (Å²) in [6.45, 7) is 3.72. The summed E-state index contributed by atoms with van der Waals surface area (Å²) < 4.78 is 4.95. The highest BCUT2D eigenvalue weighted by Gasteiger charge is 2.44. The Bertz CT molecular complexity index is 650. The Kier molecular flexibility index (Phi) is 4.53. The van der Waals surface area contributed by atoms with Crippen molar-refractivity contribution in [1.29, 1.82) is 0 Å². The number of fused-ring (bicyclic) bond motifs is 2. The van der Waals surface area contributed by atoms with Gasteiger partial charge in [-0.05, 0) is 42.9 Å². The Morgan fingerprint density at radius 3 is 2.74 bits per heavy atom. The van der Waals surface area contributed by atoms with Crippen LogP contribution >= 0.6 is 11.3 Å². The van der Waals surface area contributed by atoms with Crippen molar-refractivity contribution in [1.82, 2.24) is 4.98 Å². The van der Waals surface area contributed by atoms with Crippen LogP contribution in [-0.2, 0) is 14.3 Å². The highest BCUT2D eigenvalue weighted by molar-refractivity contribution is 7.14. The predicted molar refractivity (Wildman–Crippen MR) is 89.9 cm³/mol. The number of amides is 1. The number of nitrogens with one attached hydrogen (secondary N) is 1. The molecule has 1 N–H and O–H groups in total. The molecular formula is C17H22N2O3S. The molecule has 4 unspecified atom stereocenters. The molecule has 2 aliphatic rings. The summed E-state index contributed by atoms with van der Waals surface area (Å²) in [5.41, 5.74) is 1.10. The molecule has 3 rings (SSSR count). The number of aromatic nitrogens is 1. The van der Waals surface area contributed by atoms with E-state index in [1.54, 1.807) is 5.38 Å². The fourth-order valence-electron chi connectivity index (χ4n) is 4.08. The van der Waals surface area contributed by atoms with E-state index >= 15 is 0 Å². The maximum Gasteiger partial charge on any atom is 0.339 e. The molecule has 0 saturated heterocycles. The topological polar surface area (TPSA) is 68.3 Å². The van der Waals surface area contributed by atoms with Gasteiger partial charge in [-0.15, -0.1) is 11.3 Å². The minimum atomic E-state index is -0.361. The molecule has 5 nitrogen and oxygen atoms in total. The molecule has 23 heavy (non-hydrogen) atoms. The van der Waals surface area contributed by atoms with Crippen LogP contribution in [0.1, 0.15) is 38.8 Å². The lowest BCUT2D eigenvalue weighted by molar-refractivity contribution is -0.133. The third kappa shape index (κ3) is 3.17. The first kappa shape index (κ1) is 16.2. The molecule has 2 aliphatic carbocycles. The van der Waals surface area contributed by atoms with Gasteiger partial charge in [0.05, 0.1) is 18.4 Å². The number of hydrogen-bond acceptors (Lipinski definition) is 5. The maximum atomic E-state index is 12.2. The standard InChI is InChI=1S/C17H22N2O3S/c1-9-11-4-5-12(6-11)13(9)7-14(16(21)22-3)15-8-23-17(19-15)18-10(2)20/h7-9,11-13H,4-6H2,1-3H3,(H,18,19,20)/b14-7-. The average Bonchev–Trinajstić information content (AvgIpc) is 3.21. The predicted octanol–water partition coefficient (Wildman–Crippen LogP) is 3.34. The van der Waals surface area contributed by atoms with Gasteiger partial charge < -0.3 is 10.1 Å². The minimum absolute atomic E-state index is 0.170. The van der Waals surface area contributed by atoms with E-state index in [4.69, 9.17) is 4.74 Å². The molecular weight excluding hydrogens is 312 g/mol. The van der Waals surface area contributed by atoms with Gasteiger partial charge in [0.15, 0.2) is 5.13 Å². The van der Waals surface area contributed by atoms with Crippen molar-refractivity contribution in [2.24, 2.45) is 23.7 Å². The van der Waals surface area contributed by atoms with E-state index in [0.717, 1.165) is 5.92 Å². The lowest BCUT2D eigenvalue weighted by Gasteiger charge is -2.26. The fourth-order valence-corrected chi connectivity index (χ4v) is 4.83. The number of carbonyl (C=O) groups excluding carboxylic acids is 2. The molecule has 1 heterocycles. The van der Waals surface area contributed by atoms with Gasteiger partial charge >= 0.3 is 5.97 Å². The zero-order chi connectivity index (χ0) is 16.6. The van der Waals surface area contributed by atoms with E-state index in [0.29, 0.717) is 34.2 Å². The summed E-state index contributed by atoms with van der Waals surface area (Å²) in [5, 5.41) is 4.96. The maximum absolute atomic E-state index is 12.2. The molecule has 124 valence electrons. The van der Waals surface area contributed by atoms with Crippen molar-refractivity contribution >= 4 is 33.9 Å². The van der Waals surface area contributed by atoms with Gasteiger partial charge in [0.1, 0.15) is 0 Å². The number of esters is 1. The molecule has 6 heteroatoms. The SMILES string of the molecule is COC(=O)/C(=C\C1C2CCC(C2)C1C)c1csc(NC(C)=O)n1. The minimum Gasteiger partial charge on any atom is -0.465 e. The number of rotatable bonds is 4.